The molecular weight excluding hydrogens is 272 g/mol. The van der Waals surface area contributed by atoms with E-state index in [1.54, 1.807) is 4.90 Å². The second kappa shape index (κ2) is 10.8. The zero-order valence-corrected chi connectivity index (χ0v) is 13.6. The molecule has 6 nitrogen and oxygen atoms in total. The van der Waals surface area contributed by atoms with Gasteiger partial charge in [-0.1, -0.05) is 0 Å². The summed E-state index contributed by atoms with van der Waals surface area (Å²) in [7, 11) is 0. The fourth-order valence-electron chi connectivity index (χ4n) is 2.47. The van der Waals surface area contributed by atoms with Gasteiger partial charge in [0.1, 0.15) is 0 Å². The third-order valence-electron chi connectivity index (χ3n) is 3.54. The first-order valence-corrected chi connectivity index (χ1v) is 8.09. The van der Waals surface area contributed by atoms with Gasteiger partial charge in [-0.15, -0.1) is 0 Å². The molecule has 1 aliphatic heterocycles. The number of ether oxygens (including phenoxy) is 3. The first kappa shape index (κ1) is 18.2. The maximum atomic E-state index is 11.6. The molecule has 1 aliphatic rings. The van der Waals surface area contributed by atoms with Crippen molar-refractivity contribution in [2.75, 3.05) is 39.5 Å². The first-order valence-electron chi connectivity index (χ1n) is 8.09. The number of rotatable bonds is 9. The van der Waals surface area contributed by atoms with E-state index in [2.05, 4.69) is 5.32 Å². The van der Waals surface area contributed by atoms with Gasteiger partial charge in [-0.25, -0.2) is 4.79 Å². The lowest BCUT2D eigenvalue weighted by molar-refractivity contribution is -0.138. The Kier molecular flexibility index (Phi) is 9.37. The summed E-state index contributed by atoms with van der Waals surface area (Å²) in [6.07, 6.45) is 2.47. The minimum atomic E-state index is -0.191. The van der Waals surface area contributed by atoms with Crippen LogP contribution < -0.4 is 5.32 Å². The molecule has 0 aromatic carbocycles. The molecule has 0 unspecified atom stereocenters. The number of hydrogen-bond acceptors (Lipinski definition) is 5. The van der Waals surface area contributed by atoms with E-state index in [9.17, 15) is 4.79 Å². The molecule has 1 heterocycles. The highest BCUT2D eigenvalue weighted by atomic mass is 16.7. The lowest BCUT2D eigenvalue weighted by atomic mass is 10.1. The van der Waals surface area contributed by atoms with Gasteiger partial charge in [0.2, 0.25) is 0 Å². The van der Waals surface area contributed by atoms with Crippen molar-refractivity contribution >= 4 is 6.09 Å². The van der Waals surface area contributed by atoms with Crippen molar-refractivity contribution in [3.05, 3.63) is 0 Å². The monoisotopic (exact) mass is 302 g/mol. The number of carbonyl (C=O) groups excluding carboxylic acids is 1. The normalized spacial score (nSPS) is 16.5. The second-order valence-corrected chi connectivity index (χ2v) is 5.04. The average Bonchev–Trinajstić information content (AvgIpc) is 2.48. The molecule has 0 aromatic rings. The molecule has 0 bridgehead atoms. The molecule has 1 saturated heterocycles. The van der Waals surface area contributed by atoms with E-state index in [4.69, 9.17) is 14.2 Å². The Hall–Kier alpha value is -0.850. The van der Waals surface area contributed by atoms with Crippen LogP contribution >= 0.6 is 0 Å². The fraction of sp³-hybridized carbons (Fsp3) is 0.933. The maximum absolute atomic E-state index is 11.6. The van der Waals surface area contributed by atoms with Crippen LogP contribution in [0.5, 0.6) is 0 Å². The van der Waals surface area contributed by atoms with E-state index in [1.165, 1.54) is 0 Å². The van der Waals surface area contributed by atoms with Gasteiger partial charge in [0.25, 0.3) is 0 Å². The van der Waals surface area contributed by atoms with Gasteiger partial charge >= 0.3 is 6.09 Å². The Morgan fingerprint density at radius 1 is 1.14 bits per heavy atom. The Bertz CT molecular complexity index is 275. The minimum Gasteiger partial charge on any atom is -0.450 e. The van der Waals surface area contributed by atoms with Crippen LogP contribution in [-0.4, -0.2) is 62.8 Å². The van der Waals surface area contributed by atoms with Gasteiger partial charge in [-0.3, -0.25) is 0 Å². The Morgan fingerprint density at radius 2 is 1.76 bits per heavy atom. The molecule has 21 heavy (non-hydrogen) atoms. The number of nitrogens with zero attached hydrogens (tertiary/aromatic N) is 1. The number of hydrogen-bond donors (Lipinski definition) is 1. The lowest BCUT2D eigenvalue weighted by Crippen LogP contribution is -2.45. The van der Waals surface area contributed by atoms with Gasteiger partial charge in [-0.2, -0.15) is 0 Å². The topological polar surface area (TPSA) is 60.0 Å². The largest absolute Gasteiger partial charge is 0.450 e. The van der Waals surface area contributed by atoms with Crippen LogP contribution in [0.3, 0.4) is 0 Å². The van der Waals surface area contributed by atoms with Crippen LogP contribution in [0.2, 0.25) is 0 Å². The van der Waals surface area contributed by atoms with Crippen molar-refractivity contribution in [2.24, 2.45) is 0 Å². The number of amides is 1. The van der Waals surface area contributed by atoms with Crippen LogP contribution in [-0.2, 0) is 14.2 Å². The maximum Gasteiger partial charge on any atom is 0.409 e. The van der Waals surface area contributed by atoms with E-state index >= 15 is 0 Å². The van der Waals surface area contributed by atoms with Gasteiger partial charge in [0.05, 0.1) is 6.61 Å². The van der Waals surface area contributed by atoms with Gasteiger partial charge < -0.3 is 24.4 Å². The smallest absolute Gasteiger partial charge is 0.409 e. The van der Waals surface area contributed by atoms with E-state index in [-0.39, 0.29) is 12.4 Å². The molecule has 124 valence electrons. The minimum absolute atomic E-state index is 0.118. The summed E-state index contributed by atoms with van der Waals surface area (Å²) in [6.45, 7) is 9.95. The number of piperidine rings is 1. The Morgan fingerprint density at radius 3 is 2.29 bits per heavy atom. The molecule has 1 rings (SSSR count). The van der Waals surface area contributed by atoms with Crippen molar-refractivity contribution in [3.63, 3.8) is 0 Å². The van der Waals surface area contributed by atoms with E-state index in [1.807, 2.05) is 20.8 Å². The highest BCUT2D eigenvalue weighted by Gasteiger charge is 2.23. The van der Waals surface area contributed by atoms with Crippen LogP contribution in [0, 0.1) is 0 Å². The number of carbonyl (C=O) groups is 1. The highest BCUT2D eigenvalue weighted by Crippen LogP contribution is 2.12. The van der Waals surface area contributed by atoms with Gasteiger partial charge in [0, 0.05) is 45.3 Å². The molecule has 1 N–H and O–H groups in total. The van der Waals surface area contributed by atoms with Crippen molar-refractivity contribution in [3.8, 4) is 0 Å². The van der Waals surface area contributed by atoms with Crippen LogP contribution in [0.15, 0.2) is 0 Å². The molecule has 0 aromatic heterocycles. The van der Waals surface area contributed by atoms with Gasteiger partial charge in [-0.05, 0) is 33.6 Å². The molecule has 0 atom stereocenters. The summed E-state index contributed by atoms with van der Waals surface area (Å²) in [5.74, 6) is 0. The first-order chi connectivity index (χ1) is 10.2. The number of nitrogens with one attached hydrogen (secondary N) is 1. The second-order valence-electron chi connectivity index (χ2n) is 5.04. The molecule has 1 amide bonds. The summed E-state index contributed by atoms with van der Waals surface area (Å²) >= 11 is 0. The van der Waals surface area contributed by atoms with Crippen molar-refractivity contribution in [1.29, 1.82) is 0 Å². The molecule has 0 saturated carbocycles. The van der Waals surface area contributed by atoms with Crippen LogP contribution in [0.25, 0.3) is 0 Å². The zero-order valence-electron chi connectivity index (χ0n) is 13.6. The third kappa shape index (κ3) is 7.11. The van der Waals surface area contributed by atoms with E-state index < -0.39 is 0 Å². The standard InChI is InChI=1S/C15H30N2O4/c1-4-19-14(20-5-2)7-10-16-13-8-11-17(12-9-13)15(18)21-6-3/h13-14,16H,4-12H2,1-3H3. The summed E-state index contributed by atoms with van der Waals surface area (Å²) in [5, 5.41) is 3.52. The van der Waals surface area contributed by atoms with E-state index in [0.29, 0.717) is 25.9 Å². The Balaban J connectivity index is 2.16. The van der Waals surface area contributed by atoms with Crippen molar-refractivity contribution in [2.45, 2.75) is 52.4 Å². The molecule has 1 fully saturated rings. The van der Waals surface area contributed by atoms with Crippen LogP contribution in [0.4, 0.5) is 4.79 Å². The van der Waals surface area contributed by atoms with Crippen molar-refractivity contribution < 1.29 is 19.0 Å². The lowest BCUT2D eigenvalue weighted by Gasteiger charge is -2.32. The molecule has 6 heteroatoms. The van der Waals surface area contributed by atoms with E-state index in [0.717, 1.165) is 38.9 Å². The number of likely N-dealkylation sites (tertiary alicyclic amines) is 1. The highest BCUT2D eigenvalue weighted by molar-refractivity contribution is 5.67. The van der Waals surface area contributed by atoms with Crippen LogP contribution in [0.1, 0.15) is 40.0 Å². The third-order valence-corrected chi connectivity index (χ3v) is 3.54. The summed E-state index contributed by atoms with van der Waals surface area (Å²) < 4.78 is 16.0. The predicted octanol–water partition coefficient (Wildman–Crippen LogP) is 1.99. The molecular formula is C15H30N2O4. The molecule has 0 aliphatic carbocycles. The van der Waals surface area contributed by atoms with Gasteiger partial charge in [0.15, 0.2) is 6.29 Å². The molecule has 0 spiro atoms. The fourth-order valence-corrected chi connectivity index (χ4v) is 2.47. The summed E-state index contributed by atoms with van der Waals surface area (Å²) in [4.78, 5) is 13.4. The predicted molar refractivity (Wildman–Crippen MR) is 81.3 cm³/mol. The average molecular weight is 302 g/mol. The zero-order chi connectivity index (χ0) is 15.5. The summed E-state index contributed by atoms with van der Waals surface area (Å²) in [6, 6.07) is 0.458. The Labute approximate surface area is 128 Å². The van der Waals surface area contributed by atoms with Crippen molar-refractivity contribution in [1.82, 2.24) is 10.2 Å². The molecule has 0 radical (unpaired) electrons. The SMILES string of the molecule is CCOC(=O)N1CCC(NCCC(OCC)OCC)CC1. The summed E-state index contributed by atoms with van der Waals surface area (Å²) in [5.41, 5.74) is 0. The quantitative estimate of drug-likeness (QED) is 0.660.